The Labute approximate surface area is 107 Å². The van der Waals surface area contributed by atoms with Crippen molar-refractivity contribution in [2.45, 2.75) is 45.6 Å². The van der Waals surface area contributed by atoms with Crippen LogP contribution in [-0.4, -0.2) is 6.04 Å². The van der Waals surface area contributed by atoms with Gasteiger partial charge < -0.3 is 11.1 Å². The number of hydrogen-bond donors (Lipinski definition) is 2. The van der Waals surface area contributed by atoms with Gasteiger partial charge in [0.15, 0.2) is 11.6 Å². The van der Waals surface area contributed by atoms with Gasteiger partial charge in [-0.1, -0.05) is 20.3 Å². The van der Waals surface area contributed by atoms with Crippen LogP contribution in [-0.2, 0) is 0 Å². The molecule has 1 atom stereocenters. The highest BCUT2D eigenvalue weighted by atomic mass is 19.2. The summed E-state index contributed by atoms with van der Waals surface area (Å²) in [7, 11) is 0. The summed E-state index contributed by atoms with van der Waals surface area (Å²) in [6.07, 6.45) is 4.19. The number of nitrogens with two attached hydrogens (primary N) is 1. The molecule has 1 fully saturated rings. The molecule has 3 N–H and O–H groups in total. The standard InChI is InChI=1S/C14H20F2N2/c1-14(2)7-3-4-9(8-14)18-13-11(17)6-5-10(15)12(13)16/h5-6,9,18H,3-4,7-8,17H2,1-2H3. The summed E-state index contributed by atoms with van der Waals surface area (Å²) < 4.78 is 26.9. The lowest BCUT2D eigenvalue weighted by Gasteiger charge is -2.36. The number of rotatable bonds is 2. The number of nitrogens with one attached hydrogen (secondary N) is 1. The minimum absolute atomic E-state index is 0.109. The minimum atomic E-state index is -0.877. The molecule has 0 amide bonds. The lowest BCUT2D eigenvalue weighted by atomic mass is 9.75. The minimum Gasteiger partial charge on any atom is -0.397 e. The Balaban J connectivity index is 2.17. The summed E-state index contributed by atoms with van der Waals surface area (Å²) >= 11 is 0. The second-order valence-electron chi connectivity index (χ2n) is 5.93. The van der Waals surface area contributed by atoms with Crippen LogP contribution < -0.4 is 11.1 Å². The fraction of sp³-hybridized carbons (Fsp3) is 0.571. The van der Waals surface area contributed by atoms with Crippen LogP contribution in [0.3, 0.4) is 0 Å². The van der Waals surface area contributed by atoms with Crippen LogP contribution in [0.15, 0.2) is 12.1 Å². The van der Waals surface area contributed by atoms with E-state index in [1.54, 1.807) is 0 Å². The molecule has 0 saturated heterocycles. The third kappa shape index (κ3) is 2.74. The molecule has 0 bridgehead atoms. The molecule has 0 radical (unpaired) electrons. The van der Waals surface area contributed by atoms with Crippen molar-refractivity contribution in [2.24, 2.45) is 5.41 Å². The normalized spacial score (nSPS) is 22.8. The number of benzene rings is 1. The van der Waals surface area contributed by atoms with Crippen molar-refractivity contribution in [1.82, 2.24) is 0 Å². The average Bonchev–Trinajstić information content (AvgIpc) is 2.28. The van der Waals surface area contributed by atoms with Gasteiger partial charge in [0.1, 0.15) is 0 Å². The summed E-state index contributed by atoms with van der Waals surface area (Å²) in [5.41, 5.74) is 6.32. The Morgan fingerprint density at radius 3 is 2.72 bits per heavy atom. The Hall–Kier alpha value is -1.32. The van der Waals surface area contributed by atoms with Crippen LogP contribution in [0.25, 0.3) is 0 Å². The monoisotopic (exact) mass is 254 g/mol. The van der Waals surface area contributed by atoms with Crippen LogP contribution in [0.4, 0.5) is 20.2 Å². The first-order valence-electron chi connectivity index (χ1n) is 6.39. The van der Waals surface area contributed by atoms with E-state index < -0.39 is 11.6 Å². The second-order valence-corrected chi connectivity index (χ2v) is 5.93. The van der Waals surface area contributed by atoms with E-state index in [-0.39, 0.29) is 22.8 Å². The van der Waals surface area contributed by atoms with Gasteiger partial charge in [-0.2, -0.15) is 0 Å². The van der Waals surface area contributed by atoms with E-state index >= 15 is 0 Å². The maximum Gasteiger partial charge on any atom is 0.183 e. The number of nitrogen functional groups attached to an aromatic ring is 1. The largest absolute Gasteiger partial charge is 0.397 e. The van der Waals surface area contributed by atoms with Gasteiger partial charge in [-0.25, -0.2) is 8.78 Å². The van der Waals surface area contributed by atoms with Crippen molar-refractivity contribution in [3.8, 4) is 0 Å². The Morgan fingerprint density at radius 1 is 1.33 bits per heavy atom. The Morgan fingerprint density at radius 2 is 2.06 bits per heavy atom. The van der Waals surface area contributed by atoms with E-state index in [0.717, 1.165) is 25.3 Å². The van der Waals surface area contributed by atoms with Crippen LogP contribution in [0.2, 0.25) is 0 Å². The van der Waals surface area contributed by atoms with Crippen LogP contribution in [0.5, 0.6) is 0 Å². The molecule has 0 heterocycles. The van der Waals surface area contributed by atoms with Crippen molar-refractivity contribution in [1.29, 1.82) is 0 Å². The fourth-order valence-electron chi connectivity index (χ4n) is 2.74. The molecule has 1 aliphatic rings. The molecule has 0 aromatic heterocycles. The van der Waals surface area contributed by atoms with E-state index in [0.29, 0.717) is 0 Å². The van der Waals surface area contributed by atoms with Gasteiger partial charge in [0.2, 0.25) is 0 Å². The lowest BCUT2D eigenvalue weighted by molar-refractivity contribution is 0.229. The molecular formula is C14H20F2N2. The van der Waals surface area contributed by atoms with E-state index in [4.69, 9.17) is 5.73 Å². The molecule has 0 spiro atoms. The first-order valence-corrected chi connectivity index (χ1v) is 6.39. The van der Waals surface area contributed by atoms with Gasteiger partial charge in [0, 0.05) is 6.04 Å². The third-order valence-electron chi connectivity index (χ3n) is 3.68. The molecule has 1 aromatic rings. The molecule has 1 aromatic carbocycles. The summed E-state index contributed by atoms with van der Waals surface area (Å²) in [6, 6.07) is 2.61. The van der Waals surface area contributed by atoms with Crippen molar-refractivity contribution in [3.05, 3.63) is 23.8 Å². The molecular weight excluding hydrogens is 234 g/mol. The van der Waals surface area contributed by atoms with E-state index in [2.05, 4.69) is 19.2 Å². The van der Waals surface area contributed by atoms with E-state index in [1.807, 2.05) is 0 Å². The van der Waals surface area contributed by atoms with Crippen molar-refractivity contribution in [2.75, 3.05) is 11.1 Å². The zero-order chi connectivity index (χ0) is 13.3. The first kappa shape index (κ1) is 13.1. The first-order chi connectivity index (χ1) is 8.39. The summed E-state index contributed by atoms with van der Waals surface area (Å²) in [5, 5.41) is 3.07. The van der Waals surface area contributed by atoms with Crippen LogP contribution in [0.1, 0.15) is 39.5 Å². The average molecular weight is 254 g/mol. The van der Waals surface area contributed by atoms with Gasteiger partial charge >= 0.3 is 0 Å². The second kappa shape index (κ2) is 4.75. The van der Waals surface area contributed by atoms with Gasteiger partial charge in [-0.15, -0.1) is 0 Å². The van der Waals surface area contributed by atoms with Gasteiger partial charge in [0.25, 0.3) is 0 Å². The molecule has 0 aliphatic heterocycles. The molecule has 18 heavy (non-hydrogen) atoms. The molecule has 1 aliphatic carbocycles. The highest BCUT2D eigenvalue weighted by Crippen LogP contribution is 2.37. The smallest absolute Gasteiger partial charge is 0.183 e. The predicted molar refractivity (Wildman–Crippen MR) is 70.4 cm³/mol. The summed E-state index contributed by atoms with van der Waals surface area (Å²) in [6.45, 7) is 4.40. The topological polar surface area (TPSA) is 38.0 Å². The van der Waals surface area contributed by atoms with Gasteiger partial charge in [-0.05, 0) is 36.8 Å². The van der Waals surface area contributed by atoms with Gasteiger partial charge in [-0.3, -0.25) is 0 Å². The van der Waals surface area contributed by atoms with Crippen LogP contribution in [0, 0.1) is 17.0 Å². The molecule has 1 saturated carbocycles. The van der Waals surface area contributed by atoms with E-state index in [9.17, 15) is 8.78 Å². The third-order valence-corrected chi connectivity index (χ3v) is 3.68. The highest BCUT2D eigenvalue weighted by molar-refractivity contribution is 5.67. The van der Waals surface area contributed by atoms with Crippen LogP contribution >= 0.6 is 0 Å². The van der Waals surface area contributed by atoms with Gasteiger partial charge in [0.05, 0.1) is 11.4 Å². The van der Waals surface area contributed by atoms with Crippen molar-refractivity contribution in [3.63, 3.8) is 0 Å². The predicted octanol–water partition coefficient (Wildman–Crippen LogP) is 3.93. The summed E-state index contributed by atoms with van der Waals surface area (Å²) in [4.78, 5) is 0. The van der Waals surface area contributed by atoms with Crippen molar-refractivity contribution < 1.29 is 8.78 Å². The highest BCUT2D eigenvalue weighted by Gasteiger charge is 2.28. The van der Waals surface area contributed by atoms with E-state index in [1.165, 1.54) is 12.5 Å². The Bertz CT molecular complexity index is 444. The van der Waals surface area contributed by atoms with Crippen molar-refractivity contribution >= 4 is 11.4 Å². The zero-order valence-corrected chi connectivity index (χ0v) is 10.9. The fourth-order valence-corrected chi connectivity index (χ4v) is 2.74. The summed E-state index contributed by atoms with van der Waals surface area (Å²) in [5.74, 6) is -1.74. The quantitative estimate of drug-likeness (QED) is 0.785. The SMILES string of the molecule is CC1(C)CCCC(Nc2c(N)ccc(F)c2F)C1. The lowest BCUT2D eigenvalue weighted by Crippen LogP contribution is -2.32. The maximum absolute atomic E-state index is 13.7. The molecule has 2 nitrogen and oxygen atoms in total. The molecule has 1 unspecified atom stereocenters. The number of hydrogen-bond acceptors (Lipinski definition) is 2. The molecule has 100 valence electrons. The molecule has 2 rings (SSSR count). The maximum atomic E-state index is 13.7. The Kier molecular flexibility index (Phi) is 3.46. The number of halogens is 2. The molecule has 4 heteroatoms. The zero-order valence-electron chi connectivity index (χ0n) is 10.9. The number of anilines is 2.